The molecule has 5 heteroatoms. The maximum Gasteiger partial charge on any atom is 0.416 e. The average molecular weight is 219 g/mol. The van der Waals surface area contributed by atoms with E-state index >= 15 is 0 Å². The van der Waals surface area contributed by atoms with E-state index < -0.39 is 11.7 Å². The molecule has 0 aliphatic carbocycles. The van der Waals surface area contributed by atoms with Gasteiger partial charge in [0.15, 0.2) is 0 Å². The van der Waals surface area contributed by atoms with Gasteiger partial charge in [0.2, 0.25) is 6.41 Å². The topological polar surface area (TPSA) is 29.1 Å². The van der Waals surface area contributed by atoms with Crippen molar-refractivity contribution in [2.45, 2.75) is 20.1 Å². The van der Waals surface area contributed by atoms with Gasteiger partial charge >= 0.3 is 6.18 Å². The van der Waals surface area contributed by atoms with Gasteiger partial charge in [-0.05, 0) is 17.7 Å². The van der Waals surface area contributed by atoms with Crippen molar-refractivity contribution in [3.8, 4) is 0 Å². The van der Waals surface area contributed by atoms with Crippen molar-refractivity contribution in [2.24, 2.45) is 0 Å². The van der Waals surface area contributed by atoms with Gasteiger partial charge in [-0.3, -0.25) is 4.79 Å². The van der Waals surface area contributed by atoms with Gasteiger partial charge < -0.3 is 5.32 Å². The molecule has 1 N–H and O–H groups in total. The van der Waals surface area contributed by atoms with Crippen molar-refractivity contribution in [3.05, 3.63) is 35.4 Å². The van der Waals surface area contributed by atoms with Crippen LogP contribution in [0.2, 0.25) is 0 Å². The summed E-state index contributed by atoms with van der Waals surface area (Å²) in [6, 6.07) is 4.64. The fourth-order valence-corrected chi connectivity index (χ4v) is 0.971. The highest BCUT2D eigenvalue weighted by Gasteiger charge is 2.29. The number of rotatable bonds is 3. The second-order valence-electron chi connectivity index (χ2n) is 2.69. The van der Waals surface area contributed by atoms with Crippen LogP contribution in [0.15, 0.2) is 24.3 Å². The predicted octanol–water partition coefficient (Wildman–Crippen LogP) is 2.59. The zero-order valence-corrected chi connectivity index (χ0v) is 7.14. The standard InChI is InChI=1S/C9H8F3NO.CH4/c10-9(11,12)8-3-1-7(2-4-8)5-13-6-14;/h1-4,6H,5H2,(H,13,14);1H4. The van der Waals surface area contributed by atoms with E-state index in [1.165, 1.54) is 12.1 Å². The third kappa shape index (κ3) is 4.01. The molecule has 0 saturated carbocycles. The molecule has 1 rings (SSSR count). The molecule has 0 aromatic heterocycles. The molecule has 0 heterocycles. The van der Waals surface area contributed by atoms with Crippen molar-refractivity contribution in [2.75, 3.05) is 0 Å². The molecule has 1 amide bonds. The van der Waals surface area contributed by atoms with Crippen LogP contribution >= 0.6 is 0 Å². The SMILES string of the molecule is C.O=CNCc1ccc(C(F)(F)F)cc1. The third-order valence-corrected chi connectivity index (χ3v) is 1.67. The highest BCUT2D eigenvalue weighted by Crippen LogP contribution is 2.28. The quantitative estimate of drug-likeness (QED) is 0.778. The van der Waals surface area contributed by atoms with Crippen molar-refractivity contribution < 1.29 is 18.0 Å². The van der Waals surface area contributed by atoms with E-state index in [0.717, 1.165) is 12.1 Å². The van der Waals surface area contributed by atoms with Crippen LogP contribution in [0.4, 0.5) is 13.2 Å². The number of carbonyl (C=O) groups excluding carboxylic acids is 1. The van der Waals surface area contributed by atoms with Crippen LogP contribution in [0.5, 0.6) is 0 Å². The highest BCUT2D eigenvalue weighted by atomic mass is 19.4. The summed E-state index contributed by atoms with van der Waals surface area (Å²) in [7, 11) is 0. The monoisotopic (exact) mass is 219 g/mol. The van der Waals surface area contributed by atoms with Crippen LogP contribution in [0.25, 0.3) is 0 Å². The van der Waals surface area contributed by atoms with Gasteiger partial charge in [0.05, 0.1) is 5.56 Å². The van der Waals surface area contributed by atoms with E-state index in [9.17, 15) is 18.0 Å². The van der Waals surface area contributed by atoms with Crippen molar-refractivity contribution in [3.63, 3.8) is 0 Å². The number of benzene rings is 1. The van der Waals surface area contributed by atoms with Gasteiger partial charge in [-0.15, -0.1) is 0 Å². The summed E-state index contributed by atoms with van der Waals surface area (Å²) in [5, 5.41) is 2.36. The number of hydrogen-bond acceptors (Lipinski definition) is 1. The Morgan fingerprint density at radius 2 is 1.73 bits per heavy atom. The number of amides is 1. The first-order valence-electron chi connectivity index (χ1n) is 3.87. The molecule has 0 aliphatic rings. The number of hydrogen-bond donors (Lipinski definition) is 1. The molecule has 0 radical (unpaired) electrons. The zero-order valence-electron chi connectivity index (χ0n) is 7.14. The van der Waals surface area contributed by atoms with Crippen molar-refractivity contribution >= 4 is 6.41 Å². The molecule has 84 valence electrons. The summed E-state index contributed by atoms with van der Waals surface area (Å²) < 4.78 is 36.3. The van der Waals surface area contributed by atoms with E-state index in [1.54, 1.807) is 0 Å². The summed E-state index contributed by atoms with van der Waals surface area (Å²) in [4.78, 5) is 9.91. The lowest BCUT2D eigenvalue weighted by molar-refractivity contribution is -0.137. The van der Waals surface area contributed by atoms with E-state index in [2.05, 4.69) is 5.32 Å². The largest absolute Gasteiger partial charge is 0.416 e. The minimum absolute atomic E-state index is 0. The summed E-state index contributed by atoms with van der Waals surface area (Å²) in [5.74, 6) is 0. The van der Waals surface area contributed by atoms with E-state index in [4.69, 9.17) is 0 Å². The van der Waals surface area contributed by atoms with Gasteiger partial charge in [0, 0.05) is 6.54 Å². The normalized spacial score (nSPS) is 10.3. The molecule has 0 unspecified atom stereocenters. The molecule has 2 nitrogen and oxygen atoms in total. The molecule has 0 bridgehead atoms. The Kier molecular flexibility index (Phi) is 4.84. The van der Waals surface area contributed by atoms with Crippen LogP contribution < -0.4 is 5.32 Å². The Morgan fingerprint density at radius 3 is 2.13 bits per heavy atom. The van der Waals surface area contributed by atoms with Gasteiger partial charge in [0.1, 0.15) is 0 Å². The van der Waals surface area contributed by atoms with Crippen molar-refractivity contribution in [1.82, 2.24) is 5.32 Å². The van der Waals surface area contributed by atoms with Crippen LogP contribution in [0.1, 0.15) is 18.6 Å². The molecule has 1 aromatic rings. The van der Waals surface area contributed by atoms with Gasteiger partial charge in [-0.25, -0.2) is 0 Å². The molecular weight excluding hydrogens is 207 g/mol. The Hall–Kier alpha value is -1.52. The minimum Gasteiger partial charge on any atom is -0.355 e. The predicted molar refractivity (Wildman–Crippen MR) is 51.1 cm³/mol. The van der Waals surface area contributed by atoms with Gasteiger partial charge in [-0.1, -0.05) is 19.6 Å². The highest BCUT2D eigenvalue weighted by molar-refractivity contribution is 5.46. The van der Waals surface area contributed by atoms with E-state index in [-0.39, 0.29) is 14.0 Å². The van der Waals surface area contributed by atoms with Gasteiger partial charge in [-0.2, -0.15) is 13.2 Å². The maximum atomic E-state index is 12.1. The first-order valence-corrected chi connectivity index (χ1v) is 3.87. The summed E-state index contributed by atoms with van der Waals surface area (Å²) >= 11 is 0. The van der Waals surface area contributed by atoms with E-state index in [1.807, 2.05) is 0 Å². The van der Waals surface area contributed by atoms with Gasteiger partial charge in [0.25, 0.3) is 0 Å². The number of nitrogens with one attached hydrogen (secondary N) is 1. The van der Waals surface area contributed by atoms with Crippen LogP contribution in [0.3, 0.4) is 0 Å². The Bertz CT molecular complexity index is 305. The molecule has 0 spiro atoms. The molecule has 15 heavy (non-hydrogen) atoms. The Labute approximate surface area is 86.1 Å². The molecule has 0 aliphatic heterocycles. The van der Waals surface area contributed by atoms with Crippen LogP contribution in [-0.4, -0.2) is 6.41 Å². The molecule has 0 atom stereocenters. The fourth-order valence-electron chi connectivity index (χ4n) is 0.971. The first kappa shape index (κ1) is 13.5. The Morgan fingerprint density at radius 1 is 1.20 bits per heavy atom. The van der Waals surface area contributed by atoms with Crippen LogP contribution in [0, 0.1) is 0 Å². The number of carbonyl (C=O) groups is 1. The lowest BCUT2D eigenvalue weighted by Crippen LogP contribution is -2.10. The fraction of sp³-hybridized carbons (Fsp3) is 0.300. The first-order chi connectivity index (χ1) is 6.54. The summed E-state index contributed by atoms with van der Waals surface area (Å²) in [5.41, 5.74) is -0.0579. The molecule has 0 fully saturated rings. The maximum absolute atomic E-state index is 12.1. The Balaban J connectivity index is 0.00000196. The minimum atomic E-state index is -4.31. The number of halogens is 3. The summed E-state index contributed by atoms with van der Waals surface area (Å²) in [6.07, 6.45) is -3.81. The van der Waals surface area contributed by atoms with E-state index in [0.29, 0.717) is 12.0 Å². The van der Waals surface area contributed by atoms with Crippen LogP contribution in [-0.2, 0) is 17.5 Å². The summed E-state index contributed by atoms with van der Waals surface area (Å²) in [6.45, 7) is 0.238. The lowest BCUT2D eigenvalue weighted by Gasteiger charge is -2.06. The lowest BCUT2D eigenvalue weighted by atomic mass is 10.1. The second kappa shape index (κ2) is 5.38. The smallest absolute Gasteiger partial charge is 0.355 e. The number of alkyl halides is 3. The molecule has 1 aromatic carbocycles. The molecular formula is C10H12F3NO. The molecule has 0 saturated heterocycles. The average Bonchev–Trinajstić information content (AvgIpc) is 2.14. The van der Waals surface area contributed by atoms with Crippen molar-refractivity contribution in [1.29, 1.82) is 0 Å². The second-order valence-corrected chi connectivity index (χ2v) is 2.69. The third-order valence-electron chi connectivity index (χ3n) is 1.67. The zero-order chi connectivity index (χ0) is 10.6.